The molecule has 10 heteroatoms. The van der Waals surface area contributed by atoms with Crippen molar-refractivity contribution in [2.75, 3.05) is 0 Å². The van der Waals surface area contributed by atoms with E-state index < -0.39 is 155 Å². The van der Waals surface area contributed by atoms with Crippen molar-refractivity contribution < 1.29 is 31.8 Å². The molecular formula is C79H52Cl2FN7. The molecular weight excluding hydrogens is 1140 g/mol. The van der Waals surface area contributed by atoms with Crippen molar-refractivity contribution in [2.45, 2.75) is 6.42 Å². The molecule has 424 valence electrons. The van der Waals surface area contributed by atoms with Gasteiger partial charge in [-0.15, -0.1) is 0 Å². The van der Waals surface area contributed by atoms with Gasteiger partial charge in [-0.2, -0.15) is 0 Å². The molecule has 1 aliphatic carbocycles. The summed E-state index contributed by atoms with van der Waals surface area (Å²) in [5.74, 6) is -3.00. The van der Waals surface area contributed by atoms with Crippen LogP contribution in [0.25, 0.3) is 129 Å². The topological polar surface area (TPSA) is 82.3 Å². The van der Waals surface area contributed by atoms with E-state index in [1.807, 2.05) is 71.3 Å². The van der Waals surface area contributed by atoms with Crippen molar-refractivity contribution in [3.05, 3.63) is 330 Å². The van der Waals surface area contributed by atoms with Gasteiger partial charge in [0.1, 0.15) is 5.82 Å². The normalized spacial score (nSPS) is 14.4. The lowest BCUT2D eigenvalue weighted by molar-refractivity contribution is 0.630. The second-order valence-electron chi connectivity index (χ2n) is 19.9. The first kappa shape index (κ1) is 37.5. The minimum Gasteiger partial charge on any atom is -0.308 e. The average molecular weight is 1210 g/mol. The van der Waals surface area contributed by atoms with E-state index in [1.54, 1.807) is 18.2 Å². The van der Waals surface area contributed by atoms with Gasteiger partial charge in [-0.25, -0.2) is 34.3 Å². The number of halogens is 3. The summed E-state index contributed by atoms with van der Waals surface area (Å²) in [6, 6.07) is 45.8. The summed E-state index contributed by atoms with van der Waals surface area (Å²) in [5.41, 5.74) is 11.1. The maximum absolute atomic E-state index is 14.7. The second kappa shape index (κ2) is 25.1. The number of para-hydroxylation sites is 1. The Morgan fingerprint density at radius 2 is 0.753 bits per heavy atom. The largest absolute Gasteiger partial charge is 0.308 e. The highest BCUT2D eigenvalue weighted by molar-refractivity contribution is 6.31. The molecule has 15 aromatic rings. The van der Waals surface area contributed by atoms with E-state index in [0.29, 0.717) is 16.3 Å². The predicted octanol–water partition coefficient (Wildman–Crippen LogP) is 20.9. The van der Waals surface area contributed by atoms with E-state index in [0.717, 1.165) is 45.4 Å². The van der Waals surface area contributed by atoms with E-state index >= 15 is 0 Å². The lowest BCUT2D eigenvalue weighted by Gasteiger charge is -2.15. The number of fused-ring (bicyclic) bond motifs is 6. The van der Waals surface area contributed by atoms with Gasteiger partial charge in [0.15, 0.2) is 34.9 Å². The highest BCUT2D eigenvalue weighted by Crippen LogP contribution is 2.44. The van der Waals surface area contributed by atoms with Gasteiger partial charge in [0.2, 0.25) is 0 Å². The van der Waals surface area contributed by atoms with Gasteiger partial charge in [-0.3, -0.25) is 0 Å². The molecule has 12 aromatic carbocycles. The Morgan fingerprint density at radius 1 is 0.337 bits per heavy atom. The Labute approximate surface area is 552 Å². The zero-order valence-corrected chi connectivity index (χ0v) is 47.8. The van der Waals surface area contributed by atoms with Gasteiger partial charge >= 0.3 is 0 Å². The molecule has 0 spiro atoms. The lowest BCUT2D eigenvalue weighted by atomic mass is 9.94. The van der Waals surface area contributed by atoms with E-state index in [4.69, 9.17) is 50.6 Å². The zero-order valence-electron chi connectivity index (χ0n) is 66.3. The maximum Gasteiger partial charge on any atom is 0.167 e. The number of aromatic nitrogens is 7. The molecule has 89 heavy (non-hydrogen) atoms. The van der Waals surface area contributed by atoms with Crippen molar-refractivity contribution in [1.82, 2.24) is 34.5 Å². The van der Waals surface area contributed by atoms with Crippen LogP contribution in [0.4, 0.5) is 4.39 Å². The average Bonchev–Trinajstić information content (AvgIpc) is 1.45. The monoisotopic (exact) mass is 1210 g/mol. The fourth-order valence-electron chi connectivity index (χ4n) is 10.6. The number of hydrogen-bond donors (Lipinski definition) is 0. The molecule has 0 unspecified atom stereocenters. The Balaban J connectivity index is 0.000000154. The molecule has 3 aromatic heterocycles. The van der Waals surface area contributed by atoms with E-state index in [9.17, 15) is 4.39 Å². The van der Waals surface area contributed by atoms with Gasteiger partial charge in [0.25, 0.3) is 0 Å². The molecule has 3 heterocycles. The Kier molecular flexibility index (Phi) is 10.6. The number of rotatable bonds is 9. The predicted molar refractivity (Wildman–Crippen MR) is 362 cm³/mol. The SMILES string of the molecule is [2H]c1c([2H])c([2H])c(-c2nc(-c3cc(Cl)ccc3-n3c4ccccc4c4c(-c5ccccc5)cccc43)nc(-c3c([2H])c([2H])c([2H])c([2H])c3[2H])n2)c([2H])c1[2H].[2H]c1c([2H])c([2H])c(-c2nc(-c3cc(Cl)ccc3F)nc(-c3c([2H])c([2H])c([2H])c([2H])c3[2H])n2)c([2H])c1[2H].c1ccc(-c2cccc3c2-c2ccccc2C3)cc1. The molecule has 0 amide bonds. The number of benzene rings is 12. The first-order valence-electron chi connectivity index (χ1n) is 37.6. The third-order valence-electron chi connectivity index (χ3n) is 14.5. The van der Waals surface area contributed by atoms with Crippen molar-refractivity contribution in [3.63, 3.8) is 0 Å². The number of nitrogens with zero attached hydrogens (tertiary/aromatic N) is 7. The third kappa shape index (κ3) is 11.6. The maximum atomic E-state index is 14.7. The van der Waals surface area contributed by atoms with Crippen molar-refractivity contribution in [2.24, 2.45) is 0 Å². The molecule has 0 saturated carbocycles. The summed E-state index contributed by atoms with van der Waals surface area (Å²) in [6.07, 6.45) is 1.06. The van der Waals surface area contributed by atoms with Crippen LogP contribution >= 0.6 is 23.2 Å². The van der Waals surface area contributed by atoms with Crippen LogP contribution in [0, 0.1) is 5.82 Å². The van der Waals surface area contributed by atoms with E-state index in [2.05, 4.69) is 109 Å². The van der Waals surface area contributed by atoms with Crippen molar-refractivity contribution in [3.8, 4) is 107 Å². The van der Waals surface area contributed by atoms with Crippen LogP contribution in [0.5, 0.6) is 0 Å². The Morgan fingerprint density at radius 3 is 1.33 bits per heavy atom. The van der Waals surface area contributed by atoms with Crippen LogP contribution in [0.15, 0.2) is 303 Å². The van der Waals surface area contributed by atoms with E-state index in [-0.39, 0.29) is 39.2 Å². The fourth-order valence-corrected chi connectivity index (χ4v) is 11.0. The molecule has 0 saturated heterocycles. The molecule has 7 nitrogen and oxygen atoms in total. The summed E-state index contributed by atoms with van der Waals surface area (Å²) in [6.45, 7) is 0. The summed E-state index contributed by atoms with van der Waals surface area (Å²) in [4.78, 5) is 26.1. The first-order chi connectivity index (χ1) is 52.2. The third-order valence-corrected chi connectivity index (χ3v) is 14.9. The Hall–Kier alpha value is -11.0. The smallest absolute Gasteiger partial charge is 0.167 e. The number of hydrogen-bond acceptors (Lipinski definition) is 6. The second-order valence-corrected chi connectivity index (χ2v) is 20.7. The van der Waals surface area contributed by atoms with Gasteiger partial charge in [0, 0.05) is 48.6 Å². The van der Waals surface area contributed by atoms with Gasteiger partial charge in [0.05, 0.1) is 49.7 Å². The molecule has 0 bridgehead atoms. The minimum absolute atomic E-state index is 0.0868. The van der Waals surface area contributed by atoms with Crippen LogP contribution in [0.1, 0.15) is 38.5 Å². The molecule has 16 rings (SSSR count). The van der Waals surface area contributed by atoms with Crippen LogP contribution in [-0.2, 0) is 6.42 Å². The van der Waals surface area contributed by atoms with Crippen LogP contribution in [-0.4, -0.2) is 34.5 Å². The van der Waals surface area contributed by atoms with Crippen LogP contribution in [0.2, 0.25) is 10.0 Å². The molecule has 0 aliphatic heterocycles. The van der Waals surface area contributed by atoms with Gasteiger partial charge in [-0.05, 0) is 99.5 Å². The minimum atomic E-state index is -0.815. The summed E-state index contributed by atoms with van der Waals surface area (Å²) >= 11 is 12.7. The highest BCUT2D eigenvalue weighted by atomic mass is 35.5. The molecule has 0 atom stereocenters. The summed E-state index contributed by atoms with van der Waals surface area (Å²) in [7, 11) is 0. The lowest BCUT2D eigenvalue weighted by Crippen LogP contribution is -2.03. The zero-order chi connectivity index (χ0) is 77.5. The van der Waals surface area contributed by atoms with Gasteiger partial charge < -0.3 is 4.57 Å². The van der Waals surface area contributed by atoms with Crippen molar-refractivity contribution >= 4 is 45.0 Å². The fraction of sp³-hybridized carbons (Fsp3) is 0.0127. The van der Waals surface area contributed by atoms with E-state index in [1.165, 1.54) is 45.5 Å². The summed E-state index contributed by atoms with van der Waals surface area (Å²) in [5, 5.41) is 2.35. The Bertz CT molecular complexity index is 6000. The van der Waals surface area contributed by atoms with Gasteiger partial charge in [-0.1, -0.05) is 278 Å². The molecule has 0 N–H and O–H groups in total. The molecule has 1 aliphatic rings. The van der Waals surface area contributed by atoms with Crippen molar-refractivity contribution in [1.29, 1.82) is 0 Å². The van der Waals surface area contributed by atoms with Crippen LogP contribution < -0.4 is 0 Å². The highest BCUT2D eigenvalue weighted by Gasteiger charge is 2.24. The standard InChI is InChI=1S/C39H25ClN4.C21H13ClFN3.C19H14/c40-29-23-24-34(44-33-21-11-10-19-31(33)36-30(20-12-22-35(36)44)26-13-4-1-5-14-26)32(25-29)39-42-37(27-15-6-2-7-16-27)41-38(43-39)28-17-8-3-9-18-28;22-16-11-12-18(23)17(13-16)21-25-19(14-7-3-1-4-8-14)24-20(26-21)15-9-5-2-6-10-15;1-2-7-14(8-3-1)17-12-6-10-16-13-15-9-4-5-11-18(15)19(16)17/h1-25H;1-13H;1-12H,13H2/i2D,3D,6D,7D,8D,9D,15D,16D,17D,18D;1D,2D,3D,4D,5D,6D,7D,8D,9D,10D;. The first-order valence-corrected chi connectivity index (χ1v) is 28.3. The molecule has 0 radical (unpaired) electrons. The molecule has 0 fully saturated rings. The quantitative estimate of drug-likeness (QED) is 0.143. The van der Waals surface area contributed by atoms with Crippen LogP contribution in [0.3, 0.4) is 0 Å². The summed E-state index contributed by atoms with van der Waals surface area (Å²) < 4.78 is 182.